The van der Waals surface area contributed by atoms with E-state index in [0.717, 1.165) is 16.9 Å². The zero-order valence-electron chi connectivity index (χ0n) is 15.8. The van der Waals surface area contributed by atoms with Crippen molar-refractivity contribution in [2.45, 2.75) is 39.7 Å². The lowest BCUT2D eigenvalue weighted by molar-refractivity contribution is -0.153. The van der Waals surface area contributed by atoms with Crippen molar-refractivity contribution in [3.63, 3.8) is 0 Å². The first-order valence-corrected chi connectivity index (χ1v) is 9.26. The van der Waals surface area contributed by atoms with E-state index < -0.39 is 18.0 Å². The zero-order valence-corrected chi connectivity index (χ0v) is 16.5. The number of hydrogen-bond acceptors (Lipinski definition) is 4. The molecule has 2 rings (SSSR count). The van der Waals surface area contributed by atoms with Crippen molar-refractivity contribution in [2.75, 3.05) is 11.9 Å². The van der Waals surface area contributed by atoms with E-state index in [2.05, 4.69) is 5.32 Å². The topological polar surface area (TPSA) is 64.6 Å². The molecule has 5 nitrogen and oxygen atoms in total. The van der Waals surface area contributed by atoms with E-state index in [4.69, 9.17) is 21.1 Å². The van der Waals surface area contributed by atoms with Crippen LogP contribution in [0.2, 0.25) is 5.02 Å². The van der Waals surface area contributed by atoms with Crippen LogP contribution in [0, 0.1) is 6.92 Å². The standard InChI is InChI=1S/C21H24ClNO4/c1-4-26-19-11-6-5-8-16(19)12-13-20(24)27-15(3)21(25)23-18-10-7-9-17(22)14(18)2/h5-11,15H,4,12-13H2,1-3H3,(H,23,25)/t15-/m0/s1. The first-order valence-electron chi connectivity index (χ1n) is 8.88. The fourth-order valence-electron chi connectivity index (χ4n) is 2.53. The Morgan fingerprint density at radius 2 is 1.89 bits per heavy atom. The minimum Gasteiger partial charge on any atom is -0.494 e. The number of halogens is 1. The van der Waals surface area contributed by atoms with Crippen LogP contribution in [0.4, 0.5) is 5.69 Å². The summed E-state index contributed by atoms with van der Waals surface area (Å²) in [5.41, 5.74) is 2.29. The van der Waals surface area contributed by atoms with Crippen molar-refractivity contribution in [3.8, 4) is 5.75 Å². The van der Waals surface area contributed by atoms with Gasteiger partial charge in [-0.2, -0.15) is 0 Å². The molecule has 2 aromatic rings. The van der Waals surface area contributed by atoms with Gasteiger partial charge >= 0.3 is 5.97 Å². The highest BCUT2D eigenvalue weighted by atomic mass is 35.5. The second-order valence-corrected chi connectivity index (χ2v) is 6.48. The second kappa shape index (κ2) is 9.97. The monoisotopic (exact) mass is 389 g/mol. The van der Waals surface area contributed by atoms with Crippen LogP contribution in [0.1, 0.15) is 31.4 Å². The van der Waals surface area contributed by atoms with E-state index in [1.54, 1.807) is 25.1 Å². The van der Waals surface area contributed by atoms with Gasteiger partial charge in [0.25, 0.3) is 5.91 Å². The maximum absolute atomic E-state index is 12.3. The minimum absolute atomic E-state index is 0.165. The van der Waals surface area contributed by atoms with Gasteiger partial charge in [-0.05, 0) is 56.5 Å². The second-order valence-electron chi connectivity index (χ2n) is 6.07. The predicted molar refractivity (Wildman–Crippen MR) is 106 cm³/mol. The number of ether oxygens (including phenoxy) is 2. The Morgan fingerprint density at radius 3 is 2.63 bits per heavy atom. The van der Waals surface area contributed by atoms with Crippen molar-refractivity contribution < 1.29 is 19.1 Å². The van der Waals surface area contributed by atoms with Crippen molar-refractivity contribution in [2.24, 2.45) is 0 Å². The number of amides is 1. The number of aryl methyl sites for hydroxylation is 1. The molecule has 0 fully saturated rings. The van der Waals surface area contributed by atoms with E-state index in [1.807, 2.05) is 38.1 Å². The van der Waals surface area contributed by atoms with Crippen LogP contribution in [0.15, 0.2) is 42.5 Å². The van der Waals surface area contributed by atoms with E-state index in [0.29, 0.717) is 23.7 Å². The summed E-state index contributed by atoms with van der Waals surface area (Å²) in [6.07, 6.45) is -0.257. The highest BCUT2D eigenvalue weighted by Gasteiger charge is 2.19. The Morgan fingerprint density at radius 1 is 1.15 bits per heavy atom. The number of anilines is 1. The van der Waals surface area contributed by atoms with Crippen molar-refractivity contribution in [1.82, 2.24) is 0 Å². The molecule has 0 heterocycles. The van der Waals surface area contributed by atoms with E-state index >= 15 is 0 Å². The maximum Gasteiger partial charge on any atom is 0.306 e. The smallest absolute Gasteiger partial charge is 0.306 e. The number of hydrogen-bond donors (Lipinski definition) is 1. The molecule has 0 aliphatic rings. The summed E-state index contributed by atoms with van der Waals surface area (Å²) in [5, 5.41) is 3.30. The van der Waals surface area contributed by atoms with Gasteiger partial charge < -0.3 is 14.8 Å². The van der Waals surface area contributed by atoms with E-state index in [9.17, 15) is 9.59 Å². The van der Waals surface area contributed by atoms with Gasteiger partial charge in [-0.1, -0.05) is 35.9 Å². The summed E-state index contributed by atoms with van der Waals surface area (Å²) in [6, 6.07) is 12.8. The summed E-state index contributed by atoms with van der Waals surface area (Å²) < 4.78 is 10.8. The molecule has 6 heteroatoms. The number of carbonyl (C=O) groups is 2. The van der Waals surface area contributed by atoms with Crippen molar-refractivity contribution in [1.29, 1.82) is 0 Å². The molecule has 27 heavy (non-hydrogen) atoms. The molecule has 1 N–H and O–H groups in total. The van der Waals surface area contributed by atoms with Crippen LogP contribution in [0.5, 0.6) is 5.75 Å². The lowest BCUT2D eigenvalue weighted by Crippen LogP contribution is -2.30. The molecule has 0 bridgehead atoms. The molecule has 1 atom stereocenters. The van der Waals surface area contributed by atoms with Crippen LogP contribution in [-0.2, 0) is 20.7 Å². The molecule has 0 radical (unpaired) electrons. The maximum atomic E-state index is 12.3. The molecule has 144 valence electrons. The first-order chi connectivity index (χ1) is 12.9. The largest absolute Gasteiger partial charge is 0.494 e. The van der Waals surface area contributed by atoms with Crippen molar-refractivity contribution >= 4 is 29.2 Å². The highest BCUT2D eigenvalue weighted by Crippen LogP contribution is 2.23. The SMILES string of the molecule is CCOc1ccccc1CCC(=O)O[C@@H](C)C(=O)Nc1cccc(Cl)c1C. The van der Waals surface area contributed by atoms with Crippen molar-refractivity contribution in [3.05, 3.63) is 58.6 Å². The number of benzene rings is 2. The molecule has 2 aromatic carbocycles. The number of nitrogens with one attached hydrogen (secondary N) is 1. The zero-order chi connectivity index (χ0) is 19.8. The number of carbonyl (C=O) groups excluding carboxylic acids is 2. The Kier molecular flexibility index (Phi) is 7.67. The molecule has 0 unspecified atom stereocenters. The highest BCUT2D eigenvalue weighted by molar-refractivity contribution is 6.31. The van der Waals surface area contributed by atoms with Crippen LogP contribution in [-0.4, -0.2) is 24.6 Å². The fraction of sp³-hybridized carbons (Fsp3) is 0.333. The lowest BCUT2D eigenvalue weighted by atomic mass is 10.1. The first kappa shape index (κ1) is 20.8. The quantitative estimate of drug-likeness (QED) is 0.672. The van der Waals surface area contributed by atoms with Crippen LogP contribution in [0.25, 0.3) is 0 Å². The van der Waals surface area contributed by atoms with Crippen LogP contribution < -0.4 is 10.1 Å². The van der Waals surface area contributed by atoms with Gasteiger partial charge in [0.2, 0.25) is 0 Å². The molecule has 0 saturated heterocycles. The molecule has 0 aliphatic heterocycles. The minimum atomic E-state index is -0.905. The molecule has 0 aromatic heterocycles. The van der Waals surface area contributed by atoms with Gasteiger partial charge in [-0.3, -0.25) is 9.59 Å². The third-order valence-corrected chi connectivity index (χ3v) is 4.48. The number of esters is 1. The molecular weight excluding hydrogens is 366 g/mol. The number of para-hydroxylation sites is 1. The van der Waals surface area contributed by atoms with E-state index in [1.165, 1.54) is 0 Å². The Balaban J connectivity index is 1.88. The third kappa shape index (κ3) is 6.00. The molecule has 0 saturated carbocycles. The predicted octanol–water partition coefficient (Wildman–Crippen LogP) is 4.55. The summed E-state index contributed by atoms with van der Waals surface area (Å²) in [5.74, 6) is -0.0785. The summed E-state index contributed by atoms with van der Waals surface area (Å²) in [4.78, 5) is 24.4. The Hall–Kier alpha value is -2.53. The Bertz CT molecular complexity index is 807. The van der Waals surface area contributed by atoms with Crippen LogP contribution >= 0.6 is 11.6 Å². The van der Waals surface area contributed by atoms with Gasteiger partial charge in [0.1, 0.15) is 5.75 Å². The average molecular weight is 390 g/mol. The third-order valence-electron chi connectivity index (χ3n) is 4.07. The summed E-state index contributed by atoms with van der Waals surface area (Å²) in [7, 11) is 0. The normalized spacial score (nSPS) is 11.6. The summed E-state index contributed by atoms with van der Waals surface area (Å²) >= 11 is 6.05. The van der Waals surface area contributed by atoms with Gasteiger partial charge in [-0.15, -0.1) is 0 Å². The fourth-order valence-corrected chi connectivity index (χ4v) is 2.70. The molecule has 1 amide bonds. The van der Waals surface area contributed by atoms with Crippen LogP contribution in [0.3, 0.4) is 0 Å². The lowest BCUT2D eigenvalue weighted by Gasteiger charge is -2.15. The van der Waals surface area contributed by atoms with Gasteiger partial charge in [0, 0.05) is 17.1 Å². The Labute approximate surface area is 164 Å². The van der Waals surface area contributed by atoms with E-state index in [-0.39, 0.29) is 6.42 Å². The molecule has 0 aliphatic carbocycles. The van der Waals surface area contributed by atoms with Gasteiger partial charge in [-0.25, -0.2) is 0 Å². The molecular formula is C21H24ClNO4. The summed E-state index contributed by atoms with van der Waals surface area (Å²) in [6.45, 7) is 5.82. The average Bonchev–Trinajstić information content (AvgIpc) is 2.65. The number of rotatable bonds is 8. The van der Waals surface area contributed by atoms with Gasteiger partial charge in [0.05, 0.1) is 6.61 Å². The van der Waals surface area contributed by atoms with Gasteiger partial charge in [0.15, 0.2) is 6.10 Å². The molecule has 0 spiro atoms.